The summed E-state index contributed by atoms with van der Waals surface area (Å²) in [5.41, 5.74) is 0.574. The van der Waals surface area contributed by atoms with Gasteiger partial charge in [-0.05, 0) is 17.1 Å². The van der Waals surface area contributed by atoms with E-state index in [1.807, 2.05) is 0 Å². The largest absolute Gasteiger partial charge is 0.608 e. The van der Waals surface area contributed by atoms with Crippen LogP contribution in [-0.4, -0.2) is 31.5 Å². The smallest absolute Gasteiger partial charge is 0.377 e. The van der Waals surface area contributed by atoms with Crippen LogP contribution in [0.15, 0.2) is 46.6 Å². The van der Waals surface area contributed by atoms with Crippen molar-refractivity contribution in [1.82, 2.24) is 4.90 Å². The molecular formula is C11H7N3O4S. The van der Waals surface area contributed by atoms with Crippen molar-refractivity contribution in [3.8, 4) is 0 Å². The summed E-state index contributed by atoms with van der Waals surface area (Å²) in [5, 5.41) is 10.9. The average Bonchev–Trinajstić information content (AvgIpc) is 2.91. The predicted octanol–water partition coefficient (Wildman–Crippen LogP) is 0.439. The fraction of sp³-hybridized carbons (Fsp3) is 0.0909. The van der Waals surface area contributed by atoms with Crippen LogP contribution >= 0.6 is 0 Å². The van der Waals surface area contributed by atoms with Gasteiger partial charge in [-0.1, -0.05) is 18.2 Å². The lowest BCUT2D eigenvalue weighted by molar-refractivity contribution is -0.440. The molecule has 2 atom stereocenters. The molecule has 96 valence electrons. The Kier molecular flexibility index (Phi) is 2.61. The number of carbonyl (C=O) groups excluding carboxylic acids is 1. The number of amides is 1. The molecule has 1 aromatic carbocycles. The Morgan fingerprint density at radius 2 is 2.00 bits per heavy atom. The van der Waals surface area contributed by atoms with E-state index in [-0.39, 0.29) is 11.7 Å². The Morgan fingerprint density at radius 1 is 1.32 bits per heavy atom. The Hall–Kier alpha value is -2.19. The number of benzene rings is 1. The first-order valence-corrected chi connectivity index (χ1v) is 6.60. The van der Waals surface area contributed by atoms with E-state index in [1.165, 1.54) is 0 Å². The van der Waals surface area contributed by atoms with Gasteiger partial charge in [0.15, 0.2) is 0 Å². The molecule has 8 heteroatoms. The first-order valence-electron chi connectivity index (χ1n) is 5.32. The van der Waals surface area contributed by atoms with Gasteiger partial charge in [0.05, 0.1) is 0 Å². The number of aliphatic imine (C=N–C) groups is 1. The van der Waals surface area contributed by atoms with E-state index in [1.54, 1.807) is 30.3 Å². The van der Waals surface area contributed by atoms with Crippen LogP contribution in [-0.2, 0) is 16.0 Å². The second kappa shape index (κ2) is 4.18. The molecule has 2 unspecified atom stereocenters. The third-order valence-electron chi connectivity index (χ3n) is 2.80. The Labute approximate surface area is 110 Å². The van der Waals surface area contributed by atoms with Gasteiger partial charge in [0.2, 0.25) is 11.2 Å². The first kappa shape index (κ1) is 11.9. The highest BCUT2D eigenvalue weighted by Crippen LogP contribution is 2.33. The molecule has 2 aliphatic rings. The number of hydrogen-bond donors (Lipinski definition) is 0. The second-order valence-electron chi connectivity index (χ2n) is 3.92. The van der Waals surface area contributed by atoms with Crippen molar-refractivity contribution in [1.29, 1.82) is 0 Å². The lowest BCUT2D eigenvalue weighted by Crippen LogP contribution is -2.39. The molecule has 7 nitrogen and oxygen atoms in total. The van der Waals surface area contributed by atoms with Crippen LogP contribution in [0.1, 0.15) is 5.56 Å². The molecule has 2 heterocycles. The SMILES string of the molecule is O=C1N=C(c2ccccc2)N2C([N+](=O)[O-])=C[S+]([O-])C12. The van der Waals surface area contributed by atoms with E-state index in [0.717, 1.165) is 10.3 Å². The van der Waals surface area contributed by atoms with Crippen molar-refractivity contribution in [2.24, 2.45) is 4.99 Å². The highest BCUT2D eigenvalue weighted by Gasteiger charge is 2.58. The van der Waals surface area contributed by atoms with Gasteiger partial charge in [0.1, 0.15) is 0 Å². The van der Waals surface area contributed by atoms with Crippen molar-refractivity contribution in [2.45, 2.75) is 5.37 Å². The number of fused-ring (bicyclic) bond motifs is 1. The monoisotopic (exact) mass is 277 g/mol. The summed E-state index contributed by atoms with van der Waals surface area (Å²) >= 11 is -1.75. The van der Waals surface area contributed by atoms with Crippen LogP contribution < -0.4 is 0 Å². The van der Waals surface area contributed by atoms with E-state index in [2.05, 4.69) is 4.99 Å². The Bertz CT molecular complexity index is 628. The lowest BCUT2D eigenvalue weighted by Gasteiger charge is -2.12. The van der Waals surface area contributed by atoms with E-state index < -0.39 is 27.4 Å². The molecule has 0 bridgehead atoms. The van der Waals surface area contributed by atoms with Gasteiger partial charge in [-0.15, -0.1) is 4.90 Å². The van der Waals surface area contributed by atoms with Crippen molar-refractivity contribution >= 4 is 22.9 Å². The molecule has 0 aliphatic carbocycles. The molecule has 0 N–H and O–H groups in total. The average molecular weight is 277 g/mol. The van der Waals surface area contributed by atoms with Crippen LogP contribution in [0.2, 0.25) is 0 Å². The molecule has 0 aromatic heterocycles. The van der Waals surface area contributed by atoms with Gasteiger partial charge in [0, 0.05) is 16.7 Å². The molecule has 2 aliphatic heterocycles. The van der Waals surface area contributed by atoms with Crippen molar-refractivity contribution in [2.75, 3.05) is 0 Å². The number of amidine groups is 1. The van der Waals surface area contributed by atoms with Gasteiger partial charge in [-0.2, -0.15) is 4.99 Å². The van der Waals surface area contributed by atoms with E-state index in [9.17, 15) is 19.5 Å². The number of carbonyl (C=O) groups is 1. The standard InChI is InChI=1S/C11H7N3O4S/c15-10-11-13(8(14(16)17)6-19(11)18)9(12-10)7-4-2-1-3-5-7/h1-6,11H. The van der Waals surface area contributed by atoms with Crippen molar-refractivity contribution in [3.63, 3.8) is 0 Å². The van der Waals surface area contributed by atoms with Crippen LogP contribution in [0.5, 0.6) is 0 Å². The number of hydrogen-bond acceptors (Lipinski definition) is 5. The van der Waals surface area contributed by atoms with Gasteiger partial charge in [-0.3, -0.25) is 4.79 Å². The number of nitrogens with zero attached hydrogens (tertiary/aromatic N) is 3. The van der Waals surface area contributed by atoms with E-state index >= 15 is 0 Å². The van der Waals surface area contributed by atoms with Gasteiger partial charge >= 0.3 is 17.1 Å². The Morgan fingerprint density at radius 3 is 2.63 bits per heavy atom. The molecule has 0 fully saturated rings. The molecule has 0 radical (unpaired) electrons. The number of nitro groups is 1. The van der Waals surface area contributed by atoms with Crippen LogP contribution in [0.3, 0.4) is 0 Å². The zero-order valence-corrected chi connectivity index (χ0v) is 10.2. The first-order chi connectivity index (χ1) is 9.09. The third kappa shape index (κ3) is 1.72. The zero-order chi connectivity index (χ0) is 13.6. The fourth-order valence-corrected chi connectivity index (χ4v) is 3.22. The second-order valence-corrected chi connectivity index (χ2v) is 5.26. The van der Waals surface area contributed by atoms with Crippen molar-refractivity contribution in [3.05, 3.63) is 57.2 Å². The minimum Gasteiger partial charge on any atom is -0.608 e. The fourth-order valence-electron chi connectivity index (χ4n) is 2.01. The van der Waals surface area contributed by atoms with Gasteiger partial charge < -0.3 is 14.7 Å². The molecule has 0 spiro atoms. The molecular weight excluding hydrogens is 270 g/mol. The van der Waals surface area contributed by atoms with Crippen molar-refractivity contribution < 1.29 is 14.3 Å². The maximum absolute atomic E-state index is 11.8. The summed E-state index contributed by atoms with van der Waals surface area (Å²) in [6.07, 6.45) is 0. The van der Waals surface area contributed by atoms with Crippen LogP contribution in [0.25, 0.3) is 0 Å². The minimum atomic E-state index is -1.75. The maximum Gasteiger partial charge on any atom is 0.377 e. The van der Waals surface area contributed by atoms with Crippen LogP contribution in [0.4, 0.5) is 0 Å². The predicted molar refractivity (Wildman–Crippen MR) is 66.8 cm³/mol. The van der Waals surface area contributed by atoms with Gasteiger partial charge in [-0.25, -0.2) is 0 Å². The molecule has 19 heavy (non-hydrogen) atoms. The summed E-state index contributed by atoms with van der Waals surface area (Å²) < 4.78 is 11.8. The quantitative estimate of drug-likeness (QED) is 0.443. The van der Waals surface area contributed by atoms with Gasteiger partial charge in [0.25, 0.3) is 0 Å². The Balaban J connectivity index is 2.08. The topological polar surface area (TPSA) is 98.9 Å². The maximum atomic E-state index is 11.8. The normalized spacial score (nSPS) is 25.1. The minimum absolute atomic E-state index is 0.171. The highest BCUT2D eigenvalue weighted by atomic mass is 32.2. The molecule has 3 rings (SSSR count). The number of rotatable bonds is 2. The highest BCUT2D eigenvalue weighted by molar-refractivity contribution is 7.95. The molecule has 0 saturated carbocycles. The summed E-state index contributed by atoms with van der Waals surface area (Å²) in [4.78, 5) is 27.0. The van der Waals surface area contributed by atoms with E-state index in [4.69, 9.17) is 0 Å². The summed E-state index contributed by atoms with van der Waals surface area (Å²) in [5.74, 6) is -0.813. The molecule has 1 aromatic rings. The third-order valence-corrected chi connectivity index (χ3v) is 4.09. The van der Waals surface area contributed by atoms with Crippen LogP contribution in [0, 0.1) is 10.1 Å². The van der Waals surface area contributed by atoms with E-state index in [0.29, 0.717) is 5.56 Å². The lowest BCUT2D eigenvalue weighted by atomic mass is 10.2. The zero-order valence-electron chi connectivity index (χ0n) is 9.42. The summed E-state index contributed by atoms with van der Waals surface area (Å²) in [7, 11) is 0. The molecule has 0 saturated heterocycles. The molecule has 1 amide bonds. The summed E-state index contributed by atoms with van der Waals surface area (Å²) in [6.45, 7) is 0. The summed E-state index contributed by atoms with van der Waals surface area (Å²) in [6, 6.07) is 8.63.